The zero-order valence-electron chi connectivity index (χ0n) is 15.3. The van der Waals surface area contributed by atoms with Crippen LogP contribution in [-0.2, 0) is 9.59 Å². The van der Waals surface area contributed by atoms with Crippen LogP contribution in [-0.4, -0.2) is 37.4 Å². The summed E-state index contributed by atoms with van der Waals surface area (Å²) in [4.78, 5) is 36.8. The van der Waals surface area contributed by atoms with E-state index in [0.717, 1.165) is 5.69 Å². The van der Waals surface area contributed by atoms with Crippen LogP contribution in [0.5, 0.6) is 0 Å². The van der Waals surface area contributed by atoms with Crippen molar-refractivity contribution in [3.63, 3.8) is 0 Å². The SMILES string of the molecule is CCC(C)N1C(=O)/C(=C\c2ccn(-c3ccc([N+](=O)[O-])cc3)c2)C(=O)NC1=S. The summed E-state index contributed by atoms with van der Waals surface area (Å²) < 4.78 is 1.75. The molecule has 0 saturated carbocycles. The second kappa shape index (κ2) is 7.73. The monoisotopic (exact) mass is 398 g/mol. The number of rotatable bonds is 5. The Morgan fingerprint density at radius 2 is 1.93 bits per heavy atom. The number of nitro benzene ring substituents is 1. The van der Waals surface area contributed by atoms with Gasteiger partial charge >= 0.3 is 0 Å². The maximum Gasteiger partial charge on any atom is 0.269 e. The van der Waals surface area contributed by atoms with Crippen LogP contribution >= 0.6 is 12.2 Å². The number of carbonyl (C=O) groups excluding carboxylic acids is 2. The molecule has 0 bridgehead atoms. The number of aromatic nitrogens is 1. The molecule has 2 heterocycles. The Morgan fingerprint density at radius 3 is 2.54 bits per heavy atom. The molecule has 1 aliphatic heterocycles. The van der Waals surface area contributed by atoms with E-state index >= 15 is 0 Å². The Labute approximate surface area is 166 Å². The minimum atomic E-state index is -0.530. The van der Waals surface area contributed by atoms with Gasteiger partial charge in [-0.25, -0.2) is 0 Å². The van der Waals surface area contributed by atoms with Crippen molar-refractivity contribution in [1.82, 2.24) is 14.8 Å². The third kappa shape index (κ3) is 3.70. The number of hydrogen-bond acceptors (Lipinski definition) is 5. The van der Waals surface area contributed by atoms with Gasteiger partial charge in [-0.2, -0.15) is 0 Å². The van der Waals surface area contributed by atoms with E-state index in [2.05, 4.69) is 5.32 Å². The number of nitro groups is 1. The molecule has 1 aliphatic rings. The van der Waals surface area contributed by atoms with Gasteiger partial charge in [0, 0.05) is 36.3 Å². The summed E-state index contributed by atoms with van der Waals surface area (Å²) in [6, 6.07) is 7.68. The van der Waals surface area contributed by atoms with Crippen molar-refractivity contribution in [3.05, 3.63) is 64.0 Å². The zero-order valence-corrected chi connectivity index (χ0v) is 16.1. The van der Waals surface area contributed by atoms with E-state index in [4.69, 9.17) is 12.2 Å². The first-order valence-corrected chi connectivity index (χ1v) is 9.06. The van der Waals surface area contributed by atoms with Gasteiger partial charge in [0.15, 0.2) is 5.11 Å². The van der Waals surface area contributed by atoms with Crippen LogP contribution in [0.15, 0.2) is 48.3 Å². The summed E-state index contributed by atoms with van der Waals surface area (Å²) in [5.74, 6) is -0.955. The lowest BCUT2D eigenvalue weighted by Crippen LogP contribution is -2.56. The van der Waals surface area contributed by atoms with Crippen molar-refractivity contribution >= 4 is 40.9 Å². The first-order chi connectivity index (χ1) is 13.3. The first-order valence-electron chi connectivity index (χ1n) is 8.65. The Kier molecular flexibility index (Phi) is 5.36. The molecule has 1 atom stereocenters. The Hall–Kier alpha value is -3.33. The maximum atomic E-state index is 12.8. The molecule has 1 aromatic heterocycles. The van der Waals surface area contributed by atoms with E-state index in [1.165, 1.54) is 23.1 Å². The van der Waals surface area contributed by atoms with Crippen molar-refractivity contribution in [2.75, 3.05) is 0 Å². The molecule has 0 spiro atoms. The van der Waals surface area contributed by atoms with Crippen LogP contribution in [0.3, 0.4) is 0 Å². The van der Waals surface area contributed by atoms with E-state index in [9.17, 15) is 19.7 Å². The molecule has 28 heavy (non-hydrogen) atoms. The van der Waals surface area contributed by atoms with E-state index in [0.29, 0.717) is 12.0 Å². The highest BCUT2D eigenvalue weighted by molar-refractivity contribution is 7.80. The highest BCUT2D eigenvalue weighted by Gasteiger charge is 2.35. The van der Waals surface area contributed by atoms with Gasteiger partial charge in [-0.1, -0.05) is 6.92 Å². The Morgan fingerprint density at radius 1 is 1.25 bits per heavy atom. The molecule has 0 aliphatic carbocycles. The smallest absolute Gasteiger partial charge is 0.269 e. The van der Waals surface area contributed by atoms with Crippen LogP contribution in [0.4, 0.5) is 5.69 Å². The third-order valence-electron chi connectivity index (χ3n) is 4.55. The van der Waals surface area contributed by atoms with Gasteiger partial charge in [-0.05, 0) is 55.4 Å². The second-order valence-electron chi connectivity index (χ2n) is 6.38. The van der Waals surface area contributed by atoms with Crippen molar-refractivity contribution in [1.29, 1.82) is 0 Å². The molecule has 1 saturated heterocycles. The largest absolute Gasteiger partial charge is 0.323 e. The number of nitrogens with zero attached hydrogens (tertiary/aromatic N) is 3. The van der Waals surface area contributed by atoms with Gasteiger partial charge in [-0.3, -0.25) is 29.9 Å². The molecule has 2 amide bonds. The highest BCUT2D eigenvalue weighted by Crippen LogP contribution is 2.20. The van der Waals surface area contributed by atoms with Crippen molar-refractivity contribution < 1.29 is 14.5 Å². The minimum Gasteiger partial charge on any atom is -0.323 e. The lowest BCUT2D eigenvalue weighted by atomic mass is 10.1. The normalized spacial score (nSPS) is 17.0. The fraction of sp³-hybridized carbons (Fsp3) is 0.211. The number of carbonyl (C=O) groups is 2. The van der Waals surface area contributed by atoms with Gasteiger partial charge < -0.3 is 4.57 Å². The molecule has 3 rings (SSSR count). The zero-order chi connectivity index (χ0) is 20.4. The molecule has 144 valence electrons. The average molecular weight is 398 g/mol. The van der Waals surface area contributed by atoms with Gasteiger partial charge in [0.1, 0.15) is 5.57 Å². The molecule has 2 aromatic rings. The maximum absolute atomic E-state index is 12.8. The fourth-order valence-corrected chi connectivity index (χ4v) is 3.18. The molecule has 1 aromatic carbocycles. The summed E-state index contributed by atoms with van der Waals surface area (Å²) in [6.45, 7) is 3.80. The number of benzene rings is 1. The Balaban J connectivity index is 1.89. The van der Waals surface area contributed by atoms with Crippen molar-refractivity contribution in [3.8, 4) is 5.69 Å². The molecular formula is C19H18N4O4S. The number of non-ortho nitro benzene ring substituents is 1. The standard InChI is InChI=1S/C19H18N4O4S/c1-3-12(2)22-18(25)16(17(24)20-19(22)28)10-13-8-9-21(11-13)14-4-6-15(7-5-14)23(26)27/h4-12H,3H2,1-2H3,(H,20,24,28)/b16-10-. The fourth-order valence-electron chi connectivity index (χ4n) is 2.83. The predicted octanol–water partition coefficient (Wildman–Crippen LogP) is 2.81. The second-order valence-corrected chi connectivity index (χ2v) is 6.76. The van der Waals surface area contributed by atoms with E-state index in [1.54, 1.807) is 35.2 Å². The number of amides is 2. The molecular weight excluding hydrogens is 380 g/mol. The van der Waals surface area contributed by atoms with Crippen molar-refractivity contribution in [2.24, 2.45) is 0 Å². The quantitative estimate of drug-likeness (QED) is 0.275. The van der Waals surface area contributed by atoms with Crippen LogP contribution < -0.4 is 5.32 Å². The number of nitrogens with one attached hydrogen (secondary N) is 1. The van der Waals surface area contributed by atoms with E-state index < -0.39 is 16.7 Å². The molecule has 1 unspecified atom stereocenters. The number of hydrogen-bond donors (Lipinski definition) is 1. The highest BCUT2D eigenvalue weighted by atomic mass is 32.1. The average Bonchev–Trinajstić information content (AvgIpc) is 3.13. The van der Waals surface area contributed by atoms with Crippen molar-refractivity contribution in [2.45, 2.75) is 26.3 Å². The first kappa shape index (κ1) is 19.4. The summed E-state index contributed by atoms with van der Waals surface area (Å²) in [6.07, 6.45) is 5.69. The minimum absolute atomic E-state index is 0.00354. The molecule has 0 radical (unpaired) electrons. The van der Waals surface area contributed by atoms with Crippen LogP contribution in [0.2, 0.25) is 0 Å². The van der Waals surface area contributed by atoms with Crippen LogP contribution in [0, 0.1) is 10.1 Å². The van der Waals surface area contributed by atoms with Crippen LogP contribution in [0.1, 0.15) is 25.8 Å². The topological polar surface area (TPSA) is 97.5 Å². The van der Waals surface area contributed by atoms with Gasteiger partial charge in [0.25, 0.3) is 17.5 Å². The lowest BCUT2D eigenvalue weighted by molar-refractivity contribution is -0.384. The van der Waals surface area contributed by atoms with Gasteiger partial charge in [0.2, 0.25) is 0 Å². The van der Waals surface area contributed by atoms with E-state index in [1.807, 2.05) is 13.8 Å². The molecule has 9 heteroatoms. The Bertz CT molecular complexity index is 994. The van der Waals surface area contributed by atoms with E-state index in [-0.39, 0.29) is 22.4 Å². The summed E-state index contributed by atoms with van der Waals surface area (Å²) in [5.41, 5.74) is 1.38. The predicted molar refractivity (Wildman–Crippen MR) is 108 cm³/mol. The van der Waals surface area contributed by atoms with Gasteiger partial charge in [-0.15, -0.1) is 0 Å². The molecule has 8 nitrogen and oxygen atoms in total. The lowest BCUT2D eigenvalue weighted by Gasteiger charge is -2.33. The number of thiocarbonyl (C=S) groups is 1. The van der Waals surface area contributed by atoms with Gasteiger partial charge in [0.05, 0.1) is 4.92 Å². The summed E-state index contributed by atoms with van der Waals surface area (Å²) >= 11 is 5.13. The third-order valence-corrected chi connectivity index (χ3v) is 4.85. The van der Waals surface area contributed by atoms with Crippen LogP contribution in [0.25, 0.3) is 11.8 Å². The molecule has 1 N–H and O–H groups in total. The summed E-state index contributed by atoms with van der Waals surface area (Å²) in [7, 11) is 0. The molecule has 1 fully saturated rings. The summed E-state index contributed by atoms with van der Waals surface area (Å²) in [5, 5.41) is 13.4.